The molecule has 8 nitrogen and oxygen atoms in total. The molecular weight excluding hydrogens is 382 g/mol. The summed E-state index contributed by atoms with van der Waals surface area (Å²) < 4.78 is 5.22. The van der Waals surface area contributed by atoms with Crippen LogP contribution >= 0.6 is 0 Å². The molecule has 0 spiro atoms. The molecule has 1 aromatic heterocycles. The molecule has 1 saturated heterocycles. The second-order valence-corrected chi connectivity index (χ2v) is 8.05. The Bertz CT molecular complexity index is 690. The van der Waals surface area contributed by atoms with Gasteiger partial charge in [0, 0.05) is 45.7 Å². The van der Waals surface area contributed by atoms with Gasteiger partial charge in [0.2, 0.25) is 5.91 Å². The van der Waals surface area contributed by atoms with Crippen molar-refractivity contribution in [2.24, 2.45) is 10.9 Å². The van der Waals surface area contributed by atoms with Gasteiger partial charge in [0.15, 0.2) is 11.7 Å². The highest BCUT2D eigenvalue weighted by Gasteiger charge is 2.25. The maximum atomic E-state index is 12.4. The third-order valence-electron chi connectivity index (χ3n) is 5.83. The quantitative estimate of drug-likeness (QED) is 0.403. The number of nitrogens with one attached hydrogen (secondary N) is 2. The zero-order valence-electron chi connectivity index (χ0n) is 18.1. The number of piperazine rings is 1. The molecule has 30 heavy (non-hydrogen) atoms. The molecule has 2 N–H and O–H groups in total. The first-order valence-electron chi connectivity index (χ1n) is 11.3. The number of amides is 2. The van der Waals surface area contributed by atoms with Crippen LogP contribution in [0, 0.1) is 5.92 Å². The maximum absolute atomic E-state index is 12.4. The van der Waals surface area contributed by atoms with Gasteiger partial charge >= 0.3 is 0 Å². The van der Waals surface area contributed by atoms with Gasteiger partial charge in [-0.15, -0.1) is 0 Å². The van der Waals surface area contributed by atoms with Crippen LogP contribution in [0.25, 0.3) is 0 Å². The SMILES string of the molecule is CCNC(=NCCNC(=O)CC1CCCCC1)N1CCN(C(=O)c2ccco2)CC1. The number of rotatable bonds is 7. The Morgan fingerprint density at radius 1 is 1.10 bits per heavy atom. The van der Waals surface area contributed by atoms with Gasteiger partial charge in [-0.05, 0) is 37.8 Å². The Hall–Kier alpha value is -2.51. The van der Waals surface area contributed by atoms with Crippen molar-refractivity contribution in [3.8, 4) is 0 Å². The molecule has 1 aromatic rings. The van der Waals surface area contributed by atoms with Gasteiger partial charge in [-0.3, -0.25) is 14.6 Å². The van der Waals surface area contributed by atoms with Crippen LogP contribution in [0.4, 0.5) is 0 Å². The van der Waals surface area contributed by atoms with E-state index in [0.29, 0.717) is 57.4 Å². The van der Waals surface area contributed by atoms with Gasteiger partial charge in [0.1, 0.15) is 0 Å². The molecule has 1 aliphatic carbocycles. The highest BCUT2D eigenvalue weighted by atomic mass is 16.3. The topological polar surface area (TPSA) is 90.2 Å². The van der Waals surface area contributed by atoms with E-state index in [9.17, 15) is 9.59 Å². The van der Waals surface area contributed by atoms with E-state index in [1.165, 1.54) is 38.4 Å². The highest BCUT2D eigenvalue weighted by Crippen LogP contribution is 2.25. The predicted molar refractivity (Wildman–Crippen MR) is 116 cm³/mol. The van der Waals surface area contributed by atoms with Crippen molar-refractivity contribution in [1.29, 1.82) is 0 Å². The first-order chi connectivity index (χ1) is 14.7. The lowest BCUT2D eigenvalue weighted by molar-refractivity contribution is -0.122. The maximum Gasteiger partial charge on any atom is 0.289 e. The van der Waals surface area contributed by atoms with Crippen molar-refractivity contribution < 1.29 is 14.0 Å². The van der Waals surface area contributed by atoms with Gasteiger partial charge in [0.05, 0.1) is 12.8 Å². The Kier molecular flexibility index (Phi) is 8.59. The molecule has 166 valence electrons. The second-order valence-electron chi connectivity index (χ2n) is 8.05. The molecule has 1 aliphatic heterocycles. The van der Waals surface area contributed by atoms with Crippen LogP contribution in [-0.2, 0) is 4.79 Å². The Balaban J connectivity index is 1.40. The average molecular weight is 418 g/mol. The van der Waals surface area contributed by atoms with Crippen molar-refractivity contribution in [3.63, 3.8) is 0 Å². The summed E-state index contributed by atoms with van der Waals surface area (Å²) in [6.07, 6.45) is 8.37. The fraction of sp³-hybridized carbons (Fsp3) is 0.682. The van der Waals surface area contributed by atoms with Gasteiger partial charge in [0.25, 0.3) is 5.91 Å². The normalized spacial score (nSPS) is 18.4. The number of nitrogens with zero attached hydrogens (tertiary/aromatic N) is 3. The van der Waals surface area contributed by atoms with Gasteiger partial charge < -0.3 is 24.9 Å². The number of furan rings is 1. The van der Waals surface area contributed by atoms with Crippen LogP contribution in [0.1, 0.15) is 56.0 Å². The summed E-state index contributed by atoms with van der Waals surface area (Å²) in [5, 5.41) is 6.33. The van der Waals surface area contributed by atoms with Crippen LogP contribution in [0.2, 0.25) is 0 Å². The third-order valence-corrected chi connectivity index (χ3v) is 5.83. The number of carbonyl (C=O) groups excluding carboxylic acids is 2. The summed E-state index contributed by atoms with van der Waals surface area (Å²) in [7, 11) is 0. The minimum atomic E-state index is -0.0673. The lowest BCUT2D eigenvalue weighted by atomic mass is 9.87. The van der Waals surface area contributed by atoms with Gasteiger partial charge in [-0.1, -0.05) is 19.3 Å². The number of aliphatic imine (C=N–C) groups is 1. The second kappa shape index (κ2) is 11.6. The Labute approximate surface area is 179 Å². The molecular formula is C22H35N5O3. The molecule has 0 radical (unpaired) electrons. The third kappa shape index (κ3) is 6.50. The molecule has 0 aromatic carbocycles. The Morgan fingerprint density at radius 3 is 2.50 bits per heavy atom. The van der Waals surface area contributed by atoms with Gasteiger partial charge in [-0.25, -0.2) is 0 Å². The van der Waals surface area contributed by atoms with Crippen LogP contribution < -0.4 is 10.6 Å². The lowest BCUT2D eigenvalue weighted by Gasteiger charge is -2.36. The summed E-state index contributed by atoms with van der Waals surface area (Å²) in [5.74, 6) is 1.85. The first kappa shape index (κ1) is 22.2. The van der Waals surface area contributed by atoms with E-state index in [4.69, 9.17) is 4.42 Å². The van der Waals surface area contributed by atoms with Crippen LogP contribution in [0.3, 0.4) is 0 Å². The molecule has 0 bridgehead atoms. The fourth-order valence-corrected chi connectivity index (χ4v) is 4.19. The number of guanidine groups is 1. The molecule has 2 fully saturated rings. The van der Waals surface area contributed by atoms with E-state index < -0.39 is 0 Å². The molecule has 8 heteroatoms. The monoisotopic (exact) mass is 417 g/mol. The molecule has 2 aliphatic rings. The summed E-state index contributed by atoms with van der Waals surface area (Å²) in [6.45, 7) is 6.60. The smallest absolute Gasteiger partial charge is 0.289 e. The standard InChI is InChI=1S/C22H35N5O3/c1-2-23-22(25-11-10-24-20(28)17-18-7-4-3-5-8-18)27-14-12-26(13-15-27)21(29)19-9-6-16-30-19/h6,9,16,18H,2-5,7-8,10-15,17H2,1H3,(H,23,25)(H,24,28). The number of carbonyl (C=O) groups is 2. The number of hydrogen-bond acceptors (Lipinski definition) is 4. The van der Waals surface area contributed by atoms with E-state index in [0.717, 1.165) is 12.5 Å². The fourth-order valence-electron chi connectivity index (χ4n) is 4.19. The van der Waals surface area contributed by atoms with Crippen LogP contribution in [-0.4, -0.2) is 73.4 Å². The Morgan fingerprint density at radius 2 is 1.83 bits per heavy atom. The molecule has 0 unspecified atom stereocenters. The van der Waals surface area contributed by atoms with Crippen molar-refractivity contribution in [1.82, 2.24) is 20.4 Å². The van der Waals surface area contributed by atoms with Crippen molar-refractivity contribution in [3.05, 3.63) is 24.2 Å². The van der Waals surface area contributed by atoms with E-state index in [-0.39, 0.29) is 11.8 Å². The molecule has 1 saturated carbocycles. The zero-order valence-corrected chi connectivity index (χ0v) is 18.1. The van der Waals surface area contributed by atoms with E-state index in [1.54, 1.807) is 12.1 Å². The predicted octanol–water partition coefficient (Wildman–Crippen LogP) is 2.09. The summed E-state index contributed by atoms with van der Waals surface area (Å²) in [6, 6.07) is 3.43. The highest BCUT2D eigenvalue weighted by molar-refractivity contribution is 5.91. The minimum absolute atomic E-state index is 0.0673. The van der Waals surface area contributed by atoms with E-state index >= 15 is 0 Å². The number of hydrogen-bond donors (Lipinski definition) is 2. The summed E-state index contributed by atoms with van der Waals surface area (Å²) in [4.78, 5) is 33.2. The van der Waals surface area contributed by atoms with Crippen LogP contribution in [0.5, 0.6) is 0 Å². The van der Waals surface area contributed by atoms with Crippen LogP contribution in [0.15, 0.2) is 27.8 Å². The summed E-state index contributed by atoms with van der Waals surface area (Å²) in [5.41, 5.74) is 0. The van der Waals surface area contributed by atoms with Crippen molar-refractivity contribution in [2.75, 3.05) is 45.8 Å². The molecule has 2 amide bonds. The van der Waals surface area contributed by atoms with Gasteiger partial charge in [-0.2, -0.15) is 0 Å². The van der Waals surface area contributed by atoms with Crippen molar-refractivity contribution in [2.45, 2.75) is 45.4 Å². The molecule has 2 heterocycles. The minimum Gasteiger partial charge on any atom is -0.459 e. The zero-order chi connectivity index (χ0) is 21.2. The first-order valence-corrected chi connectivity index (χ1v) is 11.3. The van der Waals surface area contributed by atoms with Crippen molar-refractivity contribution >= 4 is 17.8 Å². The van der Waals surface area contributed by atoms with E-state index in [2.05, 4.69) is 20.5 Å². The largest absolute Gasteiger partial charge is 0.459 e. The average Bonchev–Trinajstić information content (AvgIpc) is 3.31. The summed E-state index contributed by atoms with van der Waals surface area (Å²) >= 11 is 0. The lowest BCUT2D eigenvalue weighted by Crippen LogP contribution is -2.53. The molecule has 3 rings (SSSR count). The molecule has 0 atom stereocenters. The van der Waals surface area contributed by atoms with E-state index in [1.807, 2.05) is 11.8 Å².